The molecular weight excluding hydrogens is 402 g/mol. The number of nitrogens with one attached hydrogen (secondary N) is 1. The lowest BCUT2D eigenvalue weighted by molar-refractivity contribution is -0.137. The quantitative estimate of drug-likeness (QED) is 0.616. The number of methoxy groups -OCH3 is 1. The highest BCUT2D eigenvalue weighted by Gasteiger charge is 2.30. The van der Waals surface area contributed by atoms with E-state index in [2.05, 4.69) is 10.4 Å². The summed E-state index contributed by atoms with van der Waals surface area (Å²) < 4.78 is 58.0. The molecule has 0 radical (unpaired) electrons. The number of rotatable bonds is 4. The Hall–Kier alpha value is -3.07. The molecule has 0 unspecified atom stereocenters. The van der Waals surface area contributed by atoms with E-state index >= 15 is 0 Å². The molecule has 146 valence electrons. The molecule has 1 aromatic heterocycles. The van der Waals surface area contributed by atoms with Crippen LogP contribution in [0.2, 0.25) is 5.02 Å². The second-order valence-electron chi connectivity index (χ2n) is 5.62. The average molecular weight is 414 g/mol. The SMILES string of the molecule is COc1cn(-c2cccc(C(F)(F)F)c2)nc1C(=O)Nc1ccc(F)cc1Cl. The van der Waals surface area contributed by atoms with Gasteiger partial charge in [-0.2, -0.15) is 18.3 Å². The van der Waals surface area contributed by atoms with Crippen LogP contribution in [0.25, 0.3) is 5.69 Å². The third kappa shape index (κ3) is 4.09. The summed E-state index contributed by atoms with van der Waals surface area (Å²) in [5, 5.41) is 6.44. The summed E-state index contributed by atoms with van der Waals surface area (Å²) >= 11 is 5.88. The number of hydrogen-bond acceptors (Lipinski definition) is 3. The number of benzene rings is 2. The molecule has 3 rings (SSSR count). The van der Waals surface area contributed by atoms with Crippen molar-refractivity contribution in [2.45, 2.75) is 6.18 Å². The molecule has 0 bridgehead atoms. The first-order valence-electron chi connectivity index (χ1n) is 7.76. The van der Waals surface area contributed by atoms with Crippen molar-refractivity contribution in [1.82, 2.24) is 9.78 Å². The van der Waals surface area contributed by atoms with Gasteiger partial charge in [-0.1, -0.05) is 17.7 Å². The fourth-order valence-corrected chi connectivity index (χ4v) is 2.61. The Kier molecular flexibility index (Phi) is 5.28. The standard InChI is InChI=1S/C18H12ClF4N3O2/c1-28-15-9-26(12-4-2-3-10(7-12)18(21,22)23)25-16(15)17(27)24-14-6-5-11(20)8-13(14)19/h2-9H,1H3,(H,24,27). The van der Waals surface area contributed by atoms with Crippen LogP contribution < -0.4 is 10.1 Å². The molecule has 1 N–H and O–H groups in total. The third-order valence-corrected chi connectivity index (χ3v) is 4.05. The van der Waals surface area contributed by atoms with Gasteiger partial charge in [-0.05, 0) is 36.4 Å². The molecule has 0 aliphatic carbocycles. The zero-order chi connectivity index (χ0) is 20.5. The zero-order valence-electron chi connectivity index (χ0n) is 14.2. The number of halogens is 5. The number of aromatic nitrogens is 2. The molecule has 0 aliphatic rings. The summed E-state index contributed by atoms with van der Waals surface area (Å²) in [6, 6.07) is 7.85. The summed E-state index contributed by atoms with van der Waals surface area (Å²) in [5.41, 5.74) is -0.806. The van der Waals surface area contributed by atoms with Crippen LogP contribution in [0.5, 0.6) is 5.75 Å². The maximum absolute atomic E-state index is 13.1. The lowest BCUT2D eigenvalue weighted by atomic mass is 10.2. The highest BCUT2D eigenvalue weighted by Crippen LogP contribution is 2.31. The highest BCUT2D eigenvalue weighted by atomic mass is 35.5. The Balaban J connectivity index is 1.93. The molecule has 3 aromatic rings. The topological polar surface area (TPSA) is 56.2 Å². The number of carbonyl (C=O) groups excluding carboxylic acids is 1. The second-order valence-corrected chi connectivity index (χ2v) is 6.02. The first kappa shape index (κ1) is 19.7. The van der Waals surface area contributed by atoms with Crippen molar-refractivity contribution in [3.8, 4) is 11.4 Å². The van der Waals surface area contributed by atoms with E-state index in [1.807, 2.05) is 0 Å². The van der Waals surface area contributed by atoms with Crippen molar-refractivity contribution in [3.63, 3.8) is 0 Å². The van der Waals surface area contributed by atoms with Crippen LogP contribution in [-0.4, -0.2) is 22.8 Å². The van der Waals surface area contributed by atoms with Gasteiger partial charge in [-0.3, -0.25) is 4.79 Å². The summed E-state index contributed by atoms with van der Waals surface area (Å²) in [4.78, 5) is 12.5. The van der Waals surface area contributed by atoms with Crippen molar-refractivity contribution >= 4 is 23.2 Å². The lowest BCUT2D eigenvalue weighted by Gasteiger charge is -2.08. The predicted molar refractivity (Wildman–Crippen MR) is 94.5 cm³/mol. The minimum atomic E-state index is -4.52. The smallest absolute Gasteiger partial charge is 0.416 e. The van der Waals surface area contributed by atoms with Crippen LogP contribution in [0.15, 0.2) is 48.7 Å². The molecule has 0 saturated heterocycles. The van der Waals surface area contributed by atoms with E-state index in [1.165, 1.54) is 31.5 Å². The molecule has 0 spiro atoms. The number of ether oxygens (including phenoxy) is 1. The molecule has 1 heterocycles. The number of anilines is 1. The second kappa shape index (κ2) is 7.51. The zero-order valence-corrected chi connectivity index (χ0v) is 15.0. The van der Waals surface area contributed by atoms with Crippen LogP contribution in [0.1, 0.15) is 16.1 Å². The van der Waals surface area contributed by atoms with Gasteiger partial charge in [0, 0.05) is 0 Å². The van der Waals surface area contributed by atoms with E-state index in [9.17, 15) is 22.4 Å². The molecule has 10 heteroatoms. The molecule has 0 fully saturated rings. The molecular formula is C18H12ClF4N3O2. The summed E-state index contributed by atoms with van der Waals surface area (Å²) in [6.45, 7) is 0. The first-order valence-corrected chi connectivity index (χ1v) is 8.14. The van der Waals surface area contributed by atoms with E-state index in [0.717, 1.165) is 28.9 Å². The Morgan fingerprint density at radius 3 is 2.61 bits per heavy atom. The van der Waals surface area contributed by atoms with Gasteiger partial charge >= 0.3 is 6.18 Å². The number of alkyl halides is 3. The van der Waals surface area contributed by atoms with E-state index in [0.29, 0.717) is 0 Å². The van der Waals surface area contributed by atoms with Crippen LogP contribution >= 0.6 is 11.6 Å². The largest absolute Gasteiger partial charge is 0.493 e. The lowest BCUT2D eigenvalue weighted by Crippen LogP contribution is -2.14. The Bertz CT molecular complexity index is 1030. The molecule has 5 nitrogen and oxygen atoms in total. The van der Waals surface area contributed by atoms with Gasteiger partial charge in [0.15, 0.2) is 11.4 Å². The first-order chi connectivity index (χ1) is 13.2. The number of amides is 1. The average Bonchev–Trinajstić information content (AvgIpc) is 3.08. The molecule has 28 heavy (non-hydrogen) atoms. The fraction of sp³-hybridized carbons (Fsp3) is 0.111. The van der Waals surface area contributed by atoms with Gasteiger partial charge in [-0.15, -0.1) is 0 Å². The van der Waals surface area contributed by atoms with Crippen LogP contribution in [0, 0.1) is 5.82 Å². The molecule has 0 saturated carbocycles. The molecule has 1 amide bonds. The van der Waals surface area contributed by atoms with Crippen LogP contribution in [-0.2, 0) is 6.18 Å². The maximum atomic E-state index is 13.1. The molecule has 2 aromatic carbocycles. The van der Waals surface area contributed by atoms with Crippen molar-refractivity contribution in [2.24, 2.45) is 0 Å². The van der Waals surface area contributed by atoms with Gasteiger partial charge in [0.05, 0.1) is 35.3 Å². The summed E-state index contributed by atoms with van der Waals surface area (Å²) in [7, 11) is 1.29. The number of nitrogens with zero attached hydrogens (tertiary/aromatic N) is 2. The van der Waals surface area contributed by atoms with Gasteiger partial charge in [0.25, 0.3) is 5.91 Å². The van der Waals surface area contributed by atoms with Crippen LogP contribution in [0.3, 0.4) is 0 Å². The molecule has 0 atom stereocenters. The van der Waals surface area contributed by atoms with E-state index in [-0.39, 0.29) is 27.8 Å². The van der Waals surface area contributed by atoms with Crippen molar-refractivity contribution in [1.29, 1.82) is 0 Å². The van der Waals surface area contributed by atoms with E-state index < -0.39 is 23.5 Å². The van der Waals surface area contributed by atoms with Gasteiger partial charge in [-0.25, -0.2) is 9.07 Å². The minimum Gasteiger partial charge on any atom is -0.493 e. The summed E-state index contributed by atoms with van der Waals surface area (Å²) in [5.74, 6) is -1.27. The molecule has 0 aliphatic heterocycles. The van der Waals surface area contributed by atoms with E-state index in [4.69, 9.17) is 16.3 Å². The van der Waals surface area contributed by atoms with Crippen molar-refractivity contribution in [2.75, 3.05) is 12.4 Å². The highest BCUT2D eigenvalue weighted by molar-refractivity contribution is 6.33. The minimum absolute atomic E-state index is 0.0235. The Labute approximate surface area is 161 Å². The predicted octanol–water partition coefficient (Wildman–Crippen LogP) is 4.94. The Morgan fingerprint density at radius 2 is 1.96 bits per heavy atom. The van der Waals surface area contributed by atoms with Gasteiger partial charge < -0.3 is 10.1 Å². The maximum Gasteiger partial charge on any atom is 0.416 e. The van der Waals surface area contributed by atoms with Crippen molar-refractivity contribution < 1.29 is 27.1 Å². The number of hydrogen-bond donors (Lipinski definition) is 1. The fourth-order valence-electron chi connectivity index (χ4n) is 2.39. The monoisotopic (exact) mass is 413 g/mol. The van der Waals surface area contributed by atoms with Gasteiger partial charge in [0.2, 0.25) is 0 Å². The van der Waals surface area contributed by atoms with Gasteiger partial charge in [0.1, 0.15) is 5.82 Å². The Morgan fingerprint density at radius 1 is 1.21 bits per heavy atom. The van der Waals surface area contributed by atoms with Crippen molar-refractivity contribution in [3.05, 3.63) is 70.8 Å². The van der Waals surface area contributed by atoms with E-state index in [1.54, 1.807) is 0 Å². The van der Waals surface area contributed by atoms with Crippen LogP contribution in [0.4, 0.5) is 23.2 Å². The number of carbonyl (C=O) groups is 1. The summed E-state index contributed by atoms with van der Waals surface area (Å²) in [6.07, 6.45) is -3.25. The third-order valence-electron chi connectivity index (χ3n) is 3.73. The normalized spacial score (nSPS) is 11.4.